The van der Waals surface area contributed by atoms with Gasteiger partial charge in [-0.05, 0) is 60.5 Å². The van der Waals surface area contributed by atoms with E-state index in [4.69, 9.17) is 21.1 Å². The van der Waals surface area contributed by atoms with Gasteiger partial charge in [-0.25, -0.2) is 0 Å². The van der Waals surface area contributed by atoms with Crippen molar-refractivity contribution in [2.24, 2.45) is 0 Å². The van der Waals surface area contributed by atoms with E-state index in [1.54, 1.807) is 42.0 Å². The van der Waals surface area contributed by atoms with Crippen LogP contribution in [0.5, 0.6) is 5.75 Å². The van der Waals surface area contributed by atoms with Crippen LogP contribution in [0.3, 0.4) is 0 Å². The van der Waals surface area contributed by atoms with E-state index in [0.29, 0.717) is 27.5 Å². The lowest BCUT2D eigenvalue weighted by Crippen LogP contribution is -2.14. The summed E-state index contributed by atoms with van der Waals surface area (Å²) in [5.41, 5.74) is 3.54. The van der Waals surface area contributed by atoms with E-state index in [2.05, 4.69) is 0 Å². The highest BCUT2D eigenvalue weighted by Crippen LogP contribution is 2.31. The van der Waals surface area contributed by atoms with Crippen molar-refractivity contribution in [3.05, 3.63) is 100 Å². The molecular weight excluding hydrogens is 426 g/mol. The second-order valence-electron chi connectivity index (χ2n) is 7.42. The van der Waals surface area contributed by atoms with Crippen LogP contribution < -0.4 is 4.74 Å². The molecule has 0 atom stereocenters. The van der Waals surface area contributed by atoms with Gasteiger partial charge < -0.3 is 9.47 Å². The average Bonchev–Trinajstić information content (AvgIpc) is 3.08. The number of halogens is 1. The van der Waals surface area contributed by atoms with Gasteiger partial charge in [-0.2, -0.15) is 0 Å². The van der Waals surface area contributed by atoms with E-state index >= 15 is 0 Å². The summed E-state index contributed by atoms with van der Waals surface area (Å²) < 4.78 is 12.5. The molecule has 1 aromatic heterocycles. The molecule has 0 saturated heterocycles. The van der Waals surface area contributed by atoms with Crippen LogP contribution in [0.1, 0.15) is 27.2 Å². The molecule has 0 radical (unpaired) electrons. The molecule has 3 aromatic carbocycles. The van der Waals surface area contributed by atoms with Crippen LogP contribution in [-0.2, 0) is 22.6 Å². The molecule has 0 bridgehead atoms. The third-order valence-electron chi connectivity index (χ3n) is 5.40. The van der Waals surface area contributed by atoms with Gasteiger partial charge in [0, 0.05) is 21.7 Å². The number of hydrogen-bond acceptors (Lipinski definition) is 4. The first-order chi connectivity index (χ1) is 15.5. The van der Waals surface area contributed by atoms with Crippen molar-refractivity contribution in [1.82, 2.24) is 4.57 Å². The highest BCUT2D eigenvalue weighted by Gasteiger charge is 2.22. The van der Waals surface area contributed by atoms with Gasteiger partial charge in [-0.3, -0.25) is 14.2 Å². The Labute approximate surface area is 191 Å². The highest BCUT2D eigenvalue weighted by molar-refractivity contribution is 6.30. The molecule has 5 nitrogen and oxygen atoms in total. The van der Waals surface area contributed by atoms with Gasteiger partial charge in [0.2, 0.25) is 0 Å². The van der Waals surface area contributed by atoms with Crippen LogP contribution in [0, 0.1) is 6.92 Å². The summed E-state index contributed by atoms with van der Waals surface area (Å²) in [5.74, 6) is 0.0866. The van der Waals surface area contributed by atoms with Crippen molar-refractivity contribution in [1.29, 1.82) is 0 Å². The third kappa shape index (κ3) is 4.39. The lowest BCUT2D eigenvalue weighted by atomic mass is 10.1. The first-order valence-corrected chi connectivity index (χ1v) is 10.5. The Morgan fingerprint density at radius 1 is 0.969 bits per heavy atom. The minimum Gasteiger partial charge on any atom is -0.497 e. The molecule has 0 amide bonds. The molecule has 0 aliphatic rings. The highest BCUT2D eigenvalue weighted by atomic mass is 35.5. The Morgan fingerprint density at radius 2 is 1.69 bits per heavy atom. The number of carbonyl (C=O) groups is 2. The molecular formula is C26H22ClNO4. The standard InChI is InChI=1S/C26H22ClNO4/c1-17-22(15-25(29)32-16-18-6-4-3-5-7-18)23-14-21(31-2)12-13-24(23)28(17)26(30)19-8-10-20(27)11-9-19/h3-14H,15-16H2,1-2H3. The van der Waals surface area contributed by atoms with E-state index in [-0.39, 0.29) is 24.9 Å². The third-order valence-corrected chi connectivity index (χ3v) is 5.65. The maximum atomic E-state index is 13.3. The number of hydrogen-bond donors (Lipinski definition) is 0. The number of aromatic nitrogens is 1. The second-order valence-corrected chi connectivity index (χ2v) is 7.85. The Balaban J connectivity index is 1.69. The molecule has 162 valence electrons. The molecule has 0 aliphatic carbocycles. The van der Waals surface area contributed by atoms with Gasteiger partial charge in [0.1, 0.15) is 12.4 Å². The Morgan fingerprint density at radius 3 is 2.38 bits per heavy atom. The first kappa shape index (κ1) is 21.7. The molecule has 0 spiro atoms. The zero-order valence-electron chi connectivity index (χ0n) is 17.8. The topological polar surface area (TPSA) is 57.5 Å². The zero-order valence-corrected chi connectivity index (χ0v) is 18.6. The fourth-order valence-electron chi connectivity index (χ4n) is 3.73. The van der Waals surface area contributed by atoms with Crippen molar-refractivity contribution in [3.8, 4) is 5.75 Å². The summed E-state index contributed by atoms with van der Waals surface area (Å²) in [6.07, 6.45) is 0.0449. The van der Waals surface area contributed by atoms with E-state index < -0.39 is 0 Å². The number of fused-ring (bicyclic) bond motifs is 1. The largest absolute Gasteiger partial charge is 0.497 e. The van der Waals surface area contributed by atoms with Crippen LogP contribution in [0.4, 0.5) is 0 Å². The van der Waals surface area contributed by atoms with Crippen molar-refractivity contribution in [2.45, 2.75) is 20.0 Å². The summed E-state index contributed by atoms with van der Waals surface area (Å²) in [6, 6.07) is 21.7. The summed E-state index contributed by atoms with van der Waals surface area (Å²) in [4.78, 5) is 26.0. The number of rotatable bonds is 6. The lowest BCUT2D eigenvalue weighted by Gasteiger charge is -2.08. The van der Waals surface area contributed by atoms with E-state index in [0.717, 1.165) is 16.5 Å². The van der Waals surface area contributed by atoms with Crippen molar-refractivity contribution in [3.63, 3.8) is 0 Å². The Kier molecular flexibility index (Phi) is 6.28. The van der Waals surface area contributed by atoms with Gasteiger partial charge in [0.05, 0.1) is 19.0 Å². The van der Waals surface area contributed by atoms with Crippen molar-refractivity contribution >= 4 is 34.4 Å². The number of esters is 1. The molecule has 4 aromatic rings. The molecule has 4 rings (SSSR count). The van der Waals surface area contributed by atoms with Crippen molar-refractivity contribution in [2.75, 3.05) is 7.11 Å². The number of carbonyl (C=O) groups excluding carboxylic acids is 2. The molecule has 0 aliphatic heterocycles. The fraction of sp³-hybridized carbons (Fsp3) is 0.154. The van der Waals surface area contributed by atoms with E-state index in [9.17, 15) is 9.59 Å². The molecule has 0 saturated carbocycles. The van der Waals surface area contributed by atoms with Gasteiger partial charge in [0.25, 0.3) is 5.91 Å². The average molecular weight is 448 g/mol. The Hall–Kier alpha value is -3.57. The predicted octanol–water partition coefficient (Wildman–Crippen LogP) is 5.59. The number of ether oxygens (including phenoxy) is 2. The van der Waals surface area contributed by atoms with Gasteiger partial charge in [-0.1, -0.05) is 41.9 Å². The lowest BCUT2D eigenvalue weighted by molar-refractivity contribution is -0.144. The SMILES string of the molecule is COc1ccc2c(c1)c(CC(=O)OCc1ccccc1)c(C)n2C(=O)c1ccc(Cl)cc1. The van der Waals surface area contributed by atoms with Crippen LogP contribution in [0.2, 0.25) is 5.02 Å². The summed E-state index contributed by atoms with van der Waals surface area (Å²) in [6.45, 7) is 2.03. The molecule has 6 heteroatoms. The summed E-state index contributed by atoms with van der Waals surface area (Å²) in [7, 11) is 1.58. The van der Waals surface area contributed by atoms with Crippen molar-refractivity contribution < 1.29 is 19.1 Å². The minimum atomic E-state index is -0.363. The molecule has 1 heterocycles. The minimum absolute atomic E-state index is 0.0449. The molecule has 32 heavy (non-hydrogen) atoms. The number of nitrogens with zero attached hydrogens (tertiary/aromatic N) is 1. The number of methoxy groups -OCH3 is 1. The second kappa shape index (κ2) is 9.28. The van der Waals surface area contributed by atoms with Crippen LogP contribution in [0.25, 0.3) is 10.9 Å². The Bertz CT molecular complexity index is 1280. The summed E-state index contributed by atoms with van der Waals surface area (Å²) >= 11 is 5.97. The molecule has 0 fully saturated rings. The van der Waals surface area contributed by atoms with E-state index in [1.165, 1.54) is 0 Å². The quantitative estimate of drug-likeness (QED) is 0.362. The van der Waals surface area contributed by atoms with Gasteiger partial charge in [-0.15, -0.1) is 0 Å². The van der Waals surface area contributed by atoms with Crippen LogP contribution in [0.15, 0.2) is 72.8 Å². The molecule has 0 N–H and O–H groups in total. The maximum absolute atomic E-state index is 13.3. The zero-order chi connectivity index (χ0) is 22.7. The monoisotopic (exact) mass is 447 g/mol. The van der Waals surface area contributed by atoms with Crippen LogP contribution in [-0.4, -0.2) is 23.6 Å². The first-order valence-electron chi connectivity index (χ1n) is 10.2. The van der Waals surface area contributed by atoms with Gasteiger partial charge >= 0.3 is 5.97 Å². The molecule has 0 unspecified atom stereocenters. The predicted molar refractivity (Wildman–Crippen MR) is 124 cm³/mol. The fourth-order valence-corrected chi connectivity index (χ4v) is 3.86. The van der Waals surface area contributed by atoms with Crippen LogP contribution >= 0.6 is 11.6 Å². The maximum Gasteiger partial charge on any atom is 0.310 e. The summed E-state index contributed by atoms with van der Waals surface area (Å²) in [5, 5.41) is 1.34. The van der Waals surface area contributed by atoms with Gasteiger partial charge in [0.15, 0.2) is 0 Å². The smallest absolute Gasteiger partial charge is 0.310 e. The number of benzene rings is 3. The normalized spacial score (nSPS) is 10.8. The van der Waals surface area contributed by atoms with E-state index in [1.807, 2.05) is 49.4 Å².